The maximum atomic E-state index is 4.73. The largest absolute Gasteiger partial charge is 0.316 e. The highest BCUT2D eigenvalue weighted by molar-refractivity contribution is 7.18. The summed E-state index contributed by atoms with van der Waals surface area (Å²) < 4.78 is 0. The summed E-state index contributed by atoms with van der Waals surface area (Å²) in [5.74, 6) is 1.69. The lowest BCUT2D eigenvalue weighted by atomic mass is 9.89. The van der Waals surface area contributed by atoms with E-state index in [9.17, 15) is 0 Å². The summed E-state index contributed by atoms with van der Waals surface area (Å²) in [4.78, 5) is 10.4. The molecule has 2 heterocycles. The zero-order valence-electron chi connectivity index (χ0n) is 15.5. The first kappa shape index (κ1) is 18.1. The Kier molecular flexibility index (Phi) is 6.12. The average Bonchev–Trinajstić information content (AvgIpc) is 3.18. The molecular formula is C22H26N4S. The number of anilines is 2. The lowest BCUT2D eigenvalue weighted by molar-refractivity contribution is 0.341. The lowest BCUT2D eigenvalue weighted by Gasteiger charge is -2.21. The van der Waals surface area contributed by atoms with Gasteiger partial charge in [0.1, 0.15) is 5.82 Å². The second-order valence-electron chi connectivity index (χ2n) is 7.17. The highest BCUT2D eigenvalue weighted by Gasteiger charge is 2.12. The Bertz CT molecular complexity index is 840. The molecule has 2 aromatic heterocycles. The van der Waals surface area contributed by atoms with Crippen LogP contribution in [0.1, 0.15) is 37.8 Å². The topological polar surface area (TPSA) is 49.8 Å². The Balaban J connectivity index is 1.33. The van der Waals surface area contributed by atoms with Crippen LogP contribution in [0.5, 0.6) is 0 Å². The SMILES string of the molecule is c1ccc(-c2cnc(Nc3cccc(CNCC4CCCCC4)n3)s2)cc1. The van der Waals surface area contributed by atoms with Crippen LogP contribution in [-0.2, 0) is 6.54 Å². The molecule has 5 heteroatoms. The van der Waals surface area contributed by atoms with Crippen molar-refractivity contribution in [3.05, 3.63) is 60.4 Å². The number of hydrogen-bond donors (Lipinski definition) is 2. The number of nitrogens with one attached hydrogen (secondary N) is 2. The molecule has 3 aromatic rings. The summed E-state index contributed by atoms with van der Waals surface area (Å²) in [6.07, 6.45) is 8.85. The first-order valence-electron chi connectivity index (χ1n) is 9.82. The fourth-order valence-electron chi connectivity index (χ4n) is 3.62. The fraction of sp³-hybridized carbons (Fsp3) is 0.364. The Morgan fingerprint density at radius 1 is 0.963 bits per heavy atom. The molecule has 0 unspecified atom stereocenters. The van der Waals surface area contributed by atoms with Crippen molar-refractivity contribution in [1.29, 1.82) is 0 Å². The van der Waals surface area contributed by atoms with Crippen molar-refractivity contribution in [2.45, 2.75) is 38.6 Å². The predicted molar refractivity (Wildman–Crippen MR) is 113 cm³/mol. The molecule has 0 aliphatic heterocycles. The molecule has 2 N–H and O–H groups in total. The second kappa shape index (κ2) is 9.11. The van der Waals surface area contributed by atoms with Gasteiger partial charge in [0.15, 0.2) is 5.13 Å². The summed E-state index contributed by atoms with van der Waals surface area (Å²) in [5, 5.41) is 7.80. The van der Waals surface area contributed by atoms with Gasteiger partial charge in [-0.05, 0) is 43.0 Å². The van der Waals surface area contributed by atoms with Gasteiger partial charge >= 0.3 is 0 Å². The summed E-state index contributed by atoms with van der Waals surface area (Å²) in [5.41, 5.74) is 2.26. The number of pyridine rings is 1. The molecule has 4 nitrogen and oxygen atoms in total. The number of hydrogen-bond acceptors (Lipinski definition) is 5. The monoisotopic (exact) mass is 378 g/mol. The first-order chi connectivity index (χ1) is 13.4. The van der Waals surface area contributed by atoms with Crippen LogP contribution < -0.4 is 10.6 Å². The van der Waals surface area contributed by atoms with Crippen molar-refractivity contribution >= 4 is 22.3 Å². The van der Waals surface area contributed by atoms with Gasteiger partial charge in [-0.2, -0.15) is 0 Å². The van der Waals surface area contributed by atoms with Gasteiger partial charge in [0.2, 0.25) is 0 Å². The molecule has 0 saturated heterocycles. The molecule has 4 rings (SSSR count). The number of aromatic nitrogens is 2. The smallest absolute Gasteiger partial charge is 0.188 e. The van der Waals surface area contributed by atoms with Gasteiger partial charge in [-0.3, -0.25) is 0 Å². The molecule has 0 radical (unpaired) electrons. The Morgan fingerprint density at radius 2 is 1.81 bits per heavy atom. The van der Waals surface area contributed by atoms with Crippen molar-refractivity contribution in [2.24, 2.45) is 5.92 Å². The normalized spacial score (nSPS) is 15.0. The van der Waals surface area contributed by atoms with Gasteiger partial charge < -0.3 is 10.6 Å². The number of rotatable bonds is 7. The third kappa shape index (κ3) is 5.15. The minimum Gasteiger partial charge on any atom is -0.316 e. The minimum absolute atomic E-state index is 0.819. The van der Waals surface area contributed by atoms with Crippen LogP contribution in [0.25, 0.3) is 10.4 Å². The second-order valence-corrected chi connectivity index (χ2v) is 8.20. The maximum absolute atomic E-state index is 4.73. The van der Waals surface area contributed by atoms with E-state index in [0.717, 1.165) is 40.5 Å². The highest BCUT2D eigenvalue weighted by atomic mass is 32.1. The molecule has 0 atom stereocenters. The van der Waals surface area contributed by atoms with Crippen molar-refractivity contribution in [2.75, 3.05) is 11.9 Å². The zero-order chi connectivity index (χ0) is 18.3. The van der Waals surface area contributed by atoms with Crippen LogP contribution in [0, 0.1) is 5.92 Å². The average molecular weight is 379 g/mol. The third-order valence-electron chi connectivity index (χ3n) is 5.07. The summed E-state index contributed by atoms with van der Waals surface area (Å²) in [6.45, 7) is 1.92. The number of nitrogens with zero attached hydrogens (tertiary/aromatic N) is 2. The lowest BCUT2D eigenvalue weighted by Crippen LogP contribution is -2.24. The van der Waals surface area contributed by atoms with E-state index in [-0.39, 0.29) is 0 Å². The van der Waals surface area contributed by atoms with E-state index in [4.69, 9.17) is 4.98 Å². The molecule has 0 amide bonds. The predicted octanol–water partition coefficient (Wildman–Crippen LogP) is 5.62. The van der Waals surface area contributed by atoms with Gasteiger partial charge in [-0.1, -0.05) is 67.0 Å². The molecule has 27 heavy (non-hydrogen) atoms. The Labute approximate surface area is 165 Å². The van der Waals surface area contributed by atoms with E-state index in [2.05, 4.69) is 39.9 Å². The van der Waals surface area contributed by atoms with Crippen molar-refractivity contribution in [3.63, 3.8) is 0 Å². The number of thiazole rings is 1. The Hall–Kier alpha value is -2.24. The quantitative estimate of drug-likeness (QED) is 0.560. The molecule has 1 aliphatic rings. The Morgan fingerprint density at radius 3 is 2.67 bits per heavy atom. The molecule has 1 fully saturated rings. The standard InChI is InChI=1S/C22H26N4S/c1-3-8-17(9-4-1)14-23-15-19-12-7-13-21(25-19)26-22-24-16-20(27-22)18-10-5-2-6-11-18/h2,5-7,10-13,16-17,23H,1,3-4,8-9,14-15H2,(H,24,25,26). The van der Waals surface area contributed by atoms with E-state index in [1.165, 1.54) is 37.7 Å². The van der Waals surface area contributed by atoms with Gasteiger partial charge in [0.25, 0.3) is 0 Å². The summed E-state index contributed by atoms with van der Waals surface area (Å²) in [6, 6.07) is 16.5. The van der Waals surface area contributed by atoms with Gasteiger partial charge in [-0.25, -0.2) is 9.97 Å². The van der Waals surface area contributed by atoms with E-state index < -0.39 is 0 Å². The molecule has 0 bridgehead atoms. The van der Waals surface area contributed by atoms with Crippen molar-refractivity contribution in [1.82, 2.24) is 15.3 Å². The van der Waals surface area contributed by atoms with Crippen LogP contribution in [0.2, 0.25) is 0 Å². The van der Waals surface area contributed by atoms with Crippen molar-refractivity contribution in [3.8, 4) is 10.4 Å². The zero-order valence-corrected chi connectivity index (χ0v) is 16.3. The van der Waals surface area contributed by atoms with Gasteiger partial charge in [0.05, 0.1) is 10.6 Å². The molecule has 1 aromatic carbocycles. The molecule has 1 aliphatic carbocycles. The molecule has 1 saturated carbocycles. The van der Waals surface area contributed by atoms with E-state index in [1.54, 1.807) is 11.3 Å². The van der Waals surface area contributed by atoms with Crippen LogP contribution >= 0.6 is 11.3 Å². The van der Waals surface area contributed by atoms with Crippen LogP contribution in [0.4, 0.5) is 10.9 Å². The molecule has 0 spiro atoms. The maximum Gasteiger partial charge on any atom is 0.188 e. The first-order valence-corrected chi connectivity index (χ1v) is 10.6. The van der Waals surface area contributed by atoms with E-state index >= 15 is 0 Å². The molecular weight excluding hydrogens is 352 g/mol. The molecule has 140 valence electrons. The van der Waals surface area contributed by atoms with E-state index in [1.807, 2.05) is 30.5 Å². The number of benzene rings is 1. The highest BCUT2D eigenvalue weighted by Crippen LogP contribution is 2.30. The van der Waals surface area contributed by atoms with E-state index in [0.29, 0.717) is 0 Å². The van der Waals surface area contributed by atoms with Crippen LogP contribution in [-0.4, -0.2) is 16.5 Å². The fourth-order valence-corrected chi connectivity index (χ4v) is 4.45. The summed E-state index contributed by atoms with van der Waals surface area (Å²) >= 11 is 1.65. The minimum atomic E-state index is 0.819. The van der Waals surface area contributed by atoms with Crippen molar-refractivity contribution < 1.29 is 0 Å². The van der Waals surface area contributed by atoms with Gasteiger partial charge in [0, 0.05) is 12.7 Å². The third-order valence-corrected chi connectivity index (χ3v) is 6.03. The van der Waals surface area contributed by atoms with Gasteiger partial charge in [-0.15, -0.1) is 0 Å². The summed E-state index contributed by atoms with van der Waals surface area (Å²) in [7, 11) is 0. The van der Waals surface area contributed by atoms with Crippen LogP contribution in [0.15, 0.2) is 54.7 Å². The van der Waals surface area contributed by atoms with Crippen LogP contribution in [0.3, 0.4) is 0 Å².